The molecule has 1 saturated carbocycles. The van der Waals surface area contributed by atoms with Gasteiger partial charge in [-0.3, -0.25) is 4.79 Å². The van der Waals surface area contributed by atoms with Gasteiger partial charge in [-0.2, -0.15) is 0 Å². The van der Waals surface area contributed by atoms with Crippen LogP contribution in [-0.2, 0) is 4.79 Å². The van der Waals surface area contributed by atoms with Crippen molar-refractivity contribution in [2.45, 2.75) is 58.9 Å². The Bertz CT molecular complexity index is 277. The molecule has 0 aromatic heterocycles. The quantitative estimate of drug-likeness (QED) is 0.731. The Morgan fingerprint density at radius 3 is 2.69 bits per heavy atom. The van der Waals surface area contributed by atoms with Crippen LogP contribution in [-0.4, -0.2) is 11.4 Å². The second-order valence-corrected chi connectivity index (χ2v) is 6.24. The van der Waals surface area contributed by atoms with Crippen molar-refractivity contribution in [1.29, 1.82) is 0 Å². The Morgan fingerprint density at radius 1 is 1.56 bits per heavy atom. The van der Waals surface area contributed by atoms with E-state index in [2.05, 4.69) is 18.8 Å². The first-order valence-electron chi connectivity index (χ1n) is 6.23. The first-order valence-corrected chi connectivity index (χ1v) is 6.23. The average molecular weight is 223 g/mol. The highest BCUT2D eigenvalue weighted by Gasteiger charge is 2.44. The summed E-state index contributed by atoms with van der Waals surface area (Å²) in [4.78, 5) is 12.3. The minimum atomic E-state index is -0.193. The van der Waals surface area contributed by atoms with Gasteiger partial charge in [-0.05, 0) is 46.0 Å². The predicted octanol–water partition coefficient (Wildman–Crippen LogP) is 3.28. The maximum atomic E-state index is 12.3. The Kier molecular flexibility index (Phi) is 3.82. The van der Waals surface area contributed by atoms with Gasteiger partial charge >= 0.3 is 0 Å². The van der Waals surface area contributed by atoms with E-state index in [4.69, 9.17) is 0 Å². The van der Waals surface area contributed by atoms with Crippen LogP contribution in [0.2, 0.25) is 0 Å². The highest BCUT2D eigenvalue weighted by Crippen LogP contribution is 2.45. The highest BCUT2D eigenvalue weighted by atomic mass is 16.2. The summed E-state index contributed by atoms with van der Waals surface area (Å²) in [5, 5.41) is 3.12. The Morgan fingerprint density at radius 2 is 2.19 bits per heavy atom. The first-order chi connectivity index (χ1) is 7.29. The van der Waals surface area contributed by atoms with Crippen LogP contribution in [0.4, 0.5) is 0 Å². The molecule has 2 heteroatoms. The SMILES string of the molecule is C=CC[C@@H]1CCC[C@@]1(C)C(=O)NC(C)(C)C. The van der Waals surface area contributed by atoms with E-state index in [1.54, 1.807) is 0 Å². The Hall–Kier alpha value is -0.790. The Balaban J connectivity index is 2.75. The number of amides is 1. The molecule has 92 valence electrons. The Labute approximate surface area is 99.5 Å². The number of carbonyl (C=O) groups is 1. The molecule has 0 unspecified atom stereocenters. The molecule has 0 heterocycles. The molecule has 1 aliphatic rings. The van der Waals surface area contributed by atoms with Crippen molar-refractivity contribution in [3.05, 3.63) is 12.7 Å². The molecule has 0 radical (unpaired) electrons. The molecule has 0 aromatic carbocycles. The van der Waals surface area contributed by atoms with Crippen molar-refractivity contribution >= 4 is 5.91 Å². The zero-order valence-electron chi connectivity index (χ0n) is 11.1. The van der Waals surface area contributed by atoms with E-state index in [9.17, 15) is 4.79 Å². The fourth-order valence-corrected chi connectivity index (χ4v) is 2.60. The fraction of sp³-hybridized carbons (Fsp3) is 0.786. The predicted molar refractivity (Wildman–Crippen MR) is 68.2 cm³/mol. The lowest BCUT2D eigenvalue weighted by Crippen LogP contribution is -2.49. The lowest BCUT2D eigenvalue weighted by atomic mass is 9.76. The van der Waals surface area contributed by atoms with Crippen LogP contribution in [0.25, 0.3) is 0 Å². The van der Waals surface area contributed by atoms with Crippen LogP contribution in [0.5, 0.6) is 0 Å². The molecule has 0 bridgehead atoms. The minimum absolute atomic E-state index is 0.137. The molecule has 1 N–H and O–H groups in total. The van der Waals surface area contributed by atoms with Gasteiger partial charge in [-0.25, -0.2) is 0 Å². The van der Waals surface area contributed by atoms with Gasteiger partial charge in [0.2, 0.25) is 5.91 Å². The van der Waals surface area contributed by atoms with Gasteiger partial charge in [-0.1, -0.05) is 19.4 Å². The van der Waals surface area contributed by atoms with Crippen LogP contribution < -0.4 is 5.32 Å². The minimum Gasteiger partial charge on any atom is -0.351 e. The van der Waals surface area contributed by atoms with Gasteiger partial charge in [0.1, 0.15) is 0 Å². The van der Waals surface area contributed by atoms with Crippen LogP contribution in [0.3, 0.4) is 0 Å². The number of nitrogens with one attached hydrogen (secondary N) is 1. The van der Waals surface area contributed by atoms with Crippen molar-refractivity contribution < 1.29 is 4.79 Å². The van der Waals surface area contributed by atoms with Crippen LogP contribution in [0, 0.1) is 11.3 Å². The summed E-state index contributed by atoms with van der Waals surface area (Å²) in [6.07, 6.45) is 6.22. The molecule has 1 aliphatic carbocycles. The molecule has 0 aliphatic heterocycles. The third-order valence-electron chi connectivity index (χ3n) is 3.61. The molecule has 1 amide bonds. The van der Waals surface area contributed by atoms with Gasteiger partial charge in [0.25, 0.3) is 0 Å². The summed E-state index contributed by atoms with van der Waals surface area (Å²) in [6.45, 7) is 12.0. The van der Waals surface area contributed by atoms with E-state index < -0.39 is 0 Å². The van der Waals surface area contributed by atoms with Gasteiger partial charge in [0.05, 0.1) is 0 Å². The van der Waals surface area contributed by atoms with Crippen molar-refractivity contribution in [3.63, 3.8) is 0 Å². The molecule has 2 atom stereocenters. The maximum absolute atomic E-state index is 12.3. The number of carbonyl (C=O) groups excluding carboxylic acids is 1. The molecule has 1 rings (SSSR count). The van der Waals surface area contributed by atoms with E-state index in [0.29, 0.717) is 5.92 Å². The largest absolute Gasteiger partial charge is 0.351 e. The summed E-state index contributed by atoms with van der Waals surface area (Å²) in [5.41, 5.74) is -0.330. The summed E-state index contributed by atoms with van der Waals surface area (Å²) in [5.74, 6) is 0.678. The number of hydrogen-bond donors (Lipinski definition) is 1. The standard InChI is InChI=1S/C14H25NO/c1-6-8-11-9-7-10-14(11,5)12(16)15-13(2,3)4/h6,11H,1,7-10H2,2-5H3,(H,15,16)/t11-,14-/m1/s1. The fourth-order valence-electron chi connectivity index (χ4n) is 2.60. The number of hydrogen-bond acceptors (Lipinski definition) is 1. The molecule has 16 heavy (non-hydrogen) atoms. The molecule has 0 saturated heterocycles. The lowest BCUT2D eigenvalue weighted by molar-refractivity contribution is -0.133. The average Bonchev–Trinajstić information content (AvgIpc) is 2.47. The second-order valence-electron chi connectivity index (χ2n) is 6.24. The molecular weight excluding hydrogens is 198 g/mol. The smallest absolute Gasteiger partial charge is 0.226 e. The van der Waals surface area contributed by atoms with Crippen LogP contribution in [0.1, 0.15) is 53.4 Å². The summed E-state index contributed by atoms with van der Waals surface area (Å²) in [7, 11) is 0. The number of rotatable bonds is 3. The highest BCUT2D eigenvalue weighted by molar-refractivity contribution is 5.83. The van der Waals surface area contributed by atoms with Gasteiger partial charge in [-0.15, -0.1) is 6.58 Å². The molecule has 2 nitrogen and oxygen atoms in total. The van der Waals surface area contributed by atoms with Crippen molar-refractivity contribution in [2.24, 2.45) is 11.3 Å². The van der Waals surface area contributed by atoms with Gasteiger partial charge < -0.3 is 5.32 Å². The van der Waals surface area contributed by atoms with E-state index in [0.717, 1.165) is 25.7 Å². The third kappa shape index (κ3) is 2.87. The van der Waals surface area contributed by atoms with Gasteiger partial charge in [0.15, 0.2) is 0 Å². The summed E-state index contributed by atoms with van der Waals surface area (Å²) >= 11 is 0. The maximum Gasteiger partial charge on any atom is 0.226 e. The topological polar surface area (TPSA) is 29.1 Å². The van der Waals surface area contributed by atoms with Crippen molar-refractivity contribution in [2.75, 3.05) is 0 Å². The van der Waals surface area contributed by atoms with E-state index in [1.165, 1.54) is 0 Å². The lowest BCUT2D eigenvalue weighted by Gasteiger charge is -2.33. The normalized spacial score (nSPS) is 30.1. The zero-order valence-corrected chi connectivity index (χ0v) is 11.1. The molecule has 0 spiro atoms. The second kappa shape index (κ2) is 4.60. The summed E-state index contributed by atoms with van der Waals surface area (Å²) < 4.78 is 0. The van der Waals surface area contributed by atoms with Crippen molar-refractivity contribution in [3.8, 4) is 0 Å². The van der Waals surface area contributed by atoms with E-state index in [-0.39, 0.29) is 16.9 Å². The van der Waals surface area contributed by atoms with E-state index >= 15 is 0 Å². The van der Waals surface area contributed by atoms with Crippen LogP contribution >= 0.6 is 0 Å². The summed E-state index contributed by atoms with van der Waals surface area (Å²) in [6, 6.07) is 0. The first kappa shape index (κ1) is 13.3. The van der Waals surface area contributed by atoms with Gasteiger partial charge in [0, 0.05) is 11.0 Å². The molecule has 0 aromatic rings. The third-order valence-corrected chi connectivity index (χ3v) is 3.61. The van der Waals surface area contributed by atoms with Crippen molar-refractivity contribution in [1.82, 2.24) is 5.32 Å². The number of allylic oxidation sites excluding steroid dienone is 1. The monoisotopic (exact) mass is 223 g/mol. The van der Waals surface area contributed by atoms with E-state index in [1.807, 2.05) is 26.8 Å². The molecular formula is C14H25NO. The zero-order chi connectivity index (χ0) is 12.4. The molecule has 1 fully saturated rings. The van der Waals surface area contributed by atoms with Crippen LogP contribution in [0.15, 0.2) is 12.7 Å².